The molecule has 0 radical (unpaired) electrons. The molecule has 2 heteroatoms. The summed E-state index contributed by atoms with van der Waals surface area (Å²) >= 11 is 2.17. The minimum absolute atomic E-state index is 0.822. The topological polar surface area (TPSA) is 12.0 Å². The van der Waals surface area contributed by atoms with Gasteiger partial charge in [0.2, 0.25) is 0 Å². The van der Waals surface area contributed by atoms with Crippen LogP contribution in [-0.2, 0) is 0 Å². The molecule has 0 amide bonds. The van der Waals surface area contributed by atoms with Gasteiger partial charge in [0.15, 0.2) is 0 Å². The lowest BCUT2D eigenvalue weighted by Crippen LogP contribution is -2.49. The SMILES string of the molecule is CCSC1CCCC1NC1CC(C(C)C)C1. The van der Waals surface area contributed by atoms with E-state index in [2.05, 4.69) is 37.8 Å². The zero-order valence-corrected chi connectivity index (χ0v) is 11.9. The van der Waals surface area contributed by atoms with Gasteiger partial charge in [0, 0.05) is 17.3 Å². The fraction of sp³-hybridized carbons (Fsp3) is 1.00. The van der Waals surface area contributed by atoms with Crippen molar-refractivity contribution in [2.45, 2.75) is 70.2 Å². The van der Waals surface area contributed by atoms with Crippen LogP contribution in [0.4, 0.5) is 0 Å². The summed E-state index contributed by atoms with van der Waals surface area (Å²) in [6, 6.07) is 1.67. The van der Waals surface area contributed by atoms with Gasteiger partial charge < -0.3 is 5.32 Å². The van der Waals surface area contributed by atoms with Crippen LogP contribution in [0.3, 0.4) is 0 Å². The summed E-state index contributed by atoms with van der Waals surface area (Å²) < 4.78 is 0. The van der Waals surface area contributed by atoms with Gasteiger partial charge in [-0.05, 0) is 43.3 Å². The summed E-state index contributed by atoms with van der Waals surface area (Å²) in [4.78, 5) is 0. The molecule has 94 valence electrons. The summed E-state index contributed by atoms with van der Waals surface area (Å²) in [6.45, 7) is 7.02. The van der Waals surface area contributed by atoms with Crippen molar-refractivity contribution in [2.75, 3.05) is 5.75 Å². The molecule has 2 atom stereocenters. The fourth-order valence-electron chi connectivity index (χ4n) is 3.18. The Balaban J connectivity index is 1.70. The van der Waals surface area contributed by atoms with Crippen LogP contribution in [0.2, 0.25) is 0 Å². The average molecular weight is 241 g/mol. The molecular formula is C14H27NS. The van der Waals surface area contributed by atoms with Crippen molar-refractivity contribution < 1.29 is 0 Å². The Morgan fingerprint density at radius 3 is 2.62 bits per heavy atom. The number of hydrogen-bond acceptors (Lipinski definition) is 2. The first-order valence-electron chi connectivity index (χ1n) is 7.08. The van der Waals surface area contributed by atoms with E-state index in [0.717, 1.165) is 29.2 Å². The molecule has 2 unspecified atom stereocenters. The highest BCUT2D eigenvalue weighted by Crippen LogP contribution is 2.36. The van der Waals surface area contributed by atoms with E-state index in [4.69, 9.17) is 0 Å². The Bertz CT molecular complexity index is 211. The summed E-state index contributed by atoms with van der Waals surface area (Å²) in [5.41, 5.74) is 0. The molecule has 16 heavy (non-hydrogen) atoms. The van der Waals surface area contributed by atoms with Crippen molar-refractivity contribution in [1.82, 2.24) is 5.32 Å². The van der Waals surface area contributed by atoms with Gasteiger partial charge in [-0.25, -0.2) is 0 Å². The molecule has 2 fully saturated rings. The van der Waals surface area contributed by atoms with E-state index in [1.54, 1.807) is 0 Å². The Hall–Kier alpha value is 0.310. The van der Waals surface area contributed by atoms with Crippen molar-refractivity contribution in [1.29, 1.82) is 0 Å². The first-order chi connectivity index (χ1) is 7.70. The van der Waals surface area contributed by atoms with Gasteiger partial charge in [0.25, 0.3) is 0 Å². The third-order valence-corrected chi connectivity index (χ3v) is 5.73. The molecule has 0 bridgehead atoms. The van der Waals surface area contributed by atoms with Gasteiger partial charge in [0.1, 0.15) is 0 Å². The Morgan fingerprint density at radius 1 is 1.25 bits per heavy atom. The summed E-state index contributed by atoms with van der Waals surface area (Å²) in [7, 11) is 0. The lowest BCUT2D eigenvalue weighted by Gasteiger charge is -2.41. The third kappa shape index (κ3) is 2.95. The lowest BCUT2D eigenvalue weighted by atomic mass is 9.73. The number of thioether (sulfide) groups is 1. The lowest BCUT2D eigenvalue weighted by molar-refractivity contribution is 0.158. The maximum absolute atomic E-state index is 3.91. The van der Waals surface area contributed by atoms with E-state index in [9.17, 15) is 0 Å². The fourth-order valence-corrected chi connectivity index (χ4v) is 4.38. The van der Waals surface area contributed by atoms with Crippen molar-refractivity contribution in [3.63, 3.8) is 0 Å². The highest BCUT2D eigenvalue weighted by Gasteiger charge is 2.35. The highest BCUT2D eigenvalue weighted by atomic mass is 32.2. The maximum Gasteiger partial charge on any atom is 0.0201 e. The molecule has 2 saturated carbocycles. The number of nitrogens with one attached hydrogen (secondary N) is 1. The molecule has 2 aliphatic carbocycles. The first kappa shape index (κ1) is 12.8. The molecular weight excluding hydrogens is 214 g/mol. The Morgan fingerprint density at radius 2 is 2.00 bits per heavy atom. The molecule has 2 rings (SSSR count). The van der Waals surface area contributed by atoms with Crippen molar-refractivity contribution in [3.8, 4) is 0 Å². The molecule has 2 aliphatic rings. The zero-order valence-electron chi connectivity index (χ0n) is 11.0. The number of rotatable bonds is 5. The zero-order chi connectivity index (χ0) is 11.5. The largest absolute Gasteiger partial charge is 0.310 e. The smallest absolute Gasteiger partial charge is 0.0201 e. The monoisotopic (exact) mass is 241 g/mol. The minimum atomic E-state index is 0.822. The van der Waals surface area contributed by atoms with Gasteiger partial charge >= 0.3 is 0 Å². The minimum Gasteiger partial charge on any atom is -0.310 e. The second-order valence-electron chi connectivity index (χ2n) is 5.87. The molecule has 0 aromatic carbocycles. The van der Waals surface area contributed by atoms with Crippen LogP contribution >= 0.6 is 11.8 Å². The highest BCUT2D eigenvalue weighted by molar-refractivity contribution is 7.99. The van der Waals surface area contributed by atoms with E-state index >= 15 is 0 Å². The van der Waals surface area contributed by atoms with E-state index in [1.807, 2.05) is 0 Å². The van der Waals surface area contributed by atoms with E-state index < -0.39 is 0 Å². The normalized spacial score (nSPS) is 39.0. The van der Waals surface area contributed by atoms with Gasteiger partial charge in [-0.2, -0.15) is 11.8 Å². The standard InChI is InChI=1S/C14H27NS/c1-4-16-14-7-5-6-13(14)15-12-8-11(9-12)10(2)3/h10-15H,4-9H2,1-3H3. The molecule has 0 aliphatic heterocycles. The molecule has 1 nitrogen and oxygen atoms in total. The van der Waals surface area contributed by atoms with E-state index in [-0.39, 0.29) is 0 Å². The second kappa shape index (κ2) is 5.77. The van der Waals surface area contributed by atoms with E-state index in [0.29, 0.717) is 0 Å². The van der Waals surface area contributed by atoms with Crippen LogP contribution in [-0.4, -0.2) is 23.1 Å². The van der Waals surface area contributed by atoms with Crippen LogP contribution in [0.25, 0.3) is 0 Å². The molecule has 0 aromatic rings. The summed E-state index contributed by atoms with van der Waals surface area (Å²) in [5, 5.41) is 4.82. The molecule has 0 spiro atoms. The van der Waals surface area contributed by atoms with Gasteiger partial charge in [-0.1, -0.05) is 27.2 Å². The summed E-state index contributed by atoms with van der Waals surface area (Å²) in [6.07, 6.45) is 7.15. The van der Waals surface area contributed by atoms with Crippen LogP contribution in [0.1, 0.15) is 52.9 Å². The molecule has 0 saturated heterocycles. The van der Waals surface area contributed by atoms with Crippen LogP contribution < -0.4 is 5.32 Å². The quantitative estimate of drug-likeness (QED) is 0.788. The van der Waals surface area contributed by atoms with Crippen molar-refractivity contribution in [3.05, 3.63) is 0 Å². The number of hydrogen-bond donors (Lipinski definition) is 1. The predicted molar refractivity (Wildman–Crippen MR) is 74.0 cm³/mol. The van der Waals surface area contributed by atoms with Gasteiger partial charge in [0.05, 0.1) is 0 Å². The third-order valence-electron chi connectivity index (χ3n) is 4.40. The molecule has 0 heterocycles. The van der Waals surface area contributed by atoms with Crippen LogP contribution in [0.15, 0.2) is 0 Å². The summed E-state index contributed by atoms with van der Waals surface area (Å²) in [5.74, 6) is 3.17. The van der Waals surface area contributed by atoms with E-state index in [1.165, 1.54) is 37.9 Å². The van der Waals surface area contributed by atoms with Crippen molar-refractivity contribution >= 4 is 11.8 Å². The van der Waals surface area contributed by atoms with Crippen molar-refractivity contribution in [2.24, 2.45) is 11.8 Å². The maximum atomic E-state index is 3.91. The van der Waals surface area contributed by atoms with Gasteiger partial charge in [-0.3, -0.25) is 0 Å². The molecule has 1 N–H and O–H groups in total. The average Bonchev–Trinajstić information content (AvgIpc) is 2.58. The first-order valence-corrected chi connectivity index (χ1v) is 8.13. The second-order valence-corrected chi connectivity index (χ2v) is 7.39. The Labute approximate surface area is 105 Å². The van der Waals surface area contributed by atoms with Crippen LogP contribution in [0.5, 0.6) is 0 Å². The van der Waals surface area contributed by atoms with Gasteiger partial charge in [-0.15, -0.1) is 0 Å². The predicted octanol–water partition coefficient (Wildman–Crippen LogP) is 3.68. The molecule has 0 aromatic heterocycles. The Kier molecular flexibility index (Phi) is 4.60. The van der Waals surface area contributed by atoms with Crippen LogP contribution in [0, 0.1) is 11.8 Å².